The van der Waals surface area contributed by atoms with Crippen molar-refractivity contribution in [3.63, 3.8) is 0 Å². The Morgan fingerprint density at radius 3 is 2.58 bits per heavy atom. The molecule has 19 heavy (non-hydrogen) atoms. The Hall–Kier alpha value is -0.760. The highest BCUT2D eigenvalue weighted by Gasteiger charge is 2.29. The molecule has 2 rings (SSSR count). The summed E-state index contributed by atoms with van der Waals surface area (Å²) in [6, 6.07) is 0.356. The Kier molecular flexibility index (Phi) is 4.72. The van der Waals surface area contributed by atoms with Crippen LogP contribution in [0.4, 0.5) is 13.2 Å². The molecule has 0 aromatic carbocycles. The first-order valence-electron chi connectivity index (χ1n) is 6.25. The minimum atomic E-state index is -4.07. The van der Waals surface area contributed by atoms with Crippen molar-refractivity contribution in [2.45, 2.75) is 56.1 Å². The third-order valence-electron chi connectivity index (χ3n) is 2.87. The molecule has 0 bridgehead atoms. The monoisotopic (exact) mass is 295 g/mol. The average molecular weight is 295 g/mol. The number of hydrogen-bond donors (Lipinski definition) is 1. The van der Waals surface area contributed by atoms with Gasteiger partial charge in [0, 0.05) is 18.2 Å². The zero-order chi connectivity index (χ0) is 13.9. The zero-order valence-electron chi connectivity index (χ0n) is 10.4. The highest BCUT2D eigenvalue weighted by Crippen LogP contribution is 2.38. The number of nitrogens with zero attached hydrogens (tertiary/aromatic N) is 3. The van der Waals surface area contributed by atoms with Crippen LogP contribution in [0.25, 0.3) is 0 Å². The predicted octanol–water partition coefficient (Wildman–Crippen LogP) is 2.93. The van der Waals surface area contributed by atoms with Crippen LogP contribution in [0.5, 0.6) is 0 Å². The van der Waals surface area contributed by atoms with Gasteiger partial charge in [0.1, 0.15) is 6.61 Å². The van der Waals surface area contributed by atoms with Gasteiger partial charge in [-0.2, -0.15) is 13.2 Å². The lowest BCUT2D eigenvalue weighted by molar-refractivity contribution is -0.135. The van der Waals surface area contributed by atoms with Crippen LogP contribution in [0, 0.1) is 0 Å². The van der Waals surface area contributed by atoms with Crippen molar-refractivity contribution in [1.82, 2.24) is 14.8 Å². The Morgan fingerprint density at radius 1 is 1.26 bits per heavy atom. The van der Waals surface area contributed by atoms with Gasteiger partial charge in [-0.3, -0.25) is 0 Å². The van der Waals surface area contributed by atoms with Crippen molar-refractivity contribution < 1.29 is 18.3 Å². The molecule has 1 N–H and O–H groups in total. The second-order valence-electron chi connectivity index (χ2n) is 4.58. The van der Waals surface area contributed by atoms with Gasteiger partial charge in [-0.1, -0.05) is 11.8 Å². The molecule has 0 aliphatic heterocycles. The first-order chi connectivity index (χ1) is 9.01. The summed E-state index contributed by atoms with van der Waals surface area (Å²) in [4.78, 5) is 0. The molecule has 1 fully saturated rings. The van der Waals surface area contributed by atoms with Gasteiger partial charge in [0.25, 0.3) is 0 Å². The van der Waals surface area contributed by atoms with E-state index in [0.29, 0.717) is 29.2 Å². The summed E-state index contributed by atoms with van der Waals surface area (Å²) in [5, 5.41) is 17.7. The first kappa shape index (κ1) is 14.6. The molecule has 1 heterocycles. The van der Waals surface area contributed by atoms with Crippen molar-refractivity contribution in [3.05, 3.63) is 5.82 Å². The number of unbranched alkanes of at least 4 members (excludes halogenated alkanes) is 1. The molecule has 1 aromatic heterocycles. The van der Waals surface area contributed by atoms with E-state index in [1.807, 2.05) is 4.57 Å². The van der Waals surface area contributed by atoms with Crippen LogP contribution < -0.4 is 0 Å². The van der Waals surface area contributed by atoms with Gasteiger partial charge in [0.2, 0.25) is 0 Å². The largest absolute Gasteiger partial charge is 0.389 e. The summed E-state index contributed by atoms with van der Waals surface area (Å²) in [7, 11) is 0. The zero-order valence-corrected chi connectivity index (χ0v) is 11.2. The van der Waals surface area contributed by atoms with Crippen LogP contribution in [-0.4, -0.2) is 31.8 Å². The standard InChI is InChI=1S/C11H16F3N3OS/c12-11(13,14)5-1-2-6-19-10-16-15-9(7-18)17(10)8-3-4-8/h8,18H,1-7H2. The number of alkyl halides is 3. The highest BCUT2D eigenvalue weighted by molar-refractivity contribution is 7.99. The molecule has 0 radical (unpaired) electrons. The SMILES string of the molecule is OCc1nnc(SCCCCC(F)(F)F)n1C1CC1. The maximum Gasteiger partial charge on any atom is 0.389 e. The summed E-state index contributed by atoms with van der Waals surface area (Å²) < 4.78 is 37.8. The Morgan fingerprint density at radius 2 is 2.00 bits per heavy atom. The summed E-state index contributed by atoms with van der Waals surface area (Å²) in [6.07, 6.45) is -2.07. The summed E-state index contributed by atoms with van der Waals surface area (Å²) >= 11 is 1.41. The van der Waals surface area contributed by atoms with Gasteiger partial charge in [-0.05, 0) is 25.7 Å². The van der Waals surface area contributed by atoms with Crippen molar-refractivity contribution in [2.24, 2.45) is 0 Å². The van der Waals surface area contributed by atoms with Gasteiger partial charge in [-0.15, -0.1) is 10.2 Å². The van der Waals surface area contributed by atoms with E-state index in [9.17, 15) is 13.2 Å². The van der Waals surface area contributed by atoms with E-state index in [0.717, 1.165) is 12.8 Å². The number of thioether (sulfide) groups is 1. The molecule has 0 unspecified atom stereocenters. The third kappa shape index (κ3) is 4.38. The van der Waals surface area contributed by atoms with Crippen molar-refractivity contribution in [1.29, 1.82) is 0 Å². The maximum atomic E-state index is 12.0. The molecule has 1 aromatic rings. The van der Waals surface area contributed by atoms with E-state index >= 15 is 0 Å². The van der Waals surface area contributed by atoms with Gasteiger partial charge in [-0.25, -0.2) is 0 Å². The summed E-state index contributed by atoms with van der Waals surface area (Å²) in [5.41, 5.74) is 0. The van der Waals surface area contributed by atoms with Gasteiger partial charge < -0.3 is 9.67 Å². The molecule has 0 saturated heterocycles. The van der Waals surface area contributed by atoms with E-state index in [4.69, 9.17) is 5.11 Å². The van der Waals surface area contributed by atoms with E-state index in [2.05, 4.69) is 10.2 Å². The van der Waals surface area contributed by atoms with Crippen LogP contribution in [0.3, 0.4) is 0 Å². The van der Waals surface area contributed by atoms with Crippen molar-refractivity contribution in [3.8, 4) is 0 Å². The molecule has 1 aliphatic rings. The normalized spacial score (nSPS) is 16.0. The minimum Gasteiger partial charge on any atom is -0.388 e. The van der Waals surface area contributed by atoms with Gasteiger partial charge in [0.15, 0.2) is 11.0 Å². The number of aliphatic hydroxyl groups excluding tert-OH is 1. The molecule has 0 atom stereocenters. The highest BCUT2D eigenvalue weighted by atomic mass is 32.2. The fraction of sp³-hybridized carbons (Fsp3) is 0.818. The third-order valence-corrected chi connectivity index (χ3v) is 3.90. The molecule has 0 spiro atoms. The number of aliphatic hydroxyl groups is 1. The average Bonchev–Trinajstić information content (AvgIpc) is 3.08. The second-order valence-corrected chi connectivity index (χ2v) is 5.64. The van der Waals surface area contributed by atoms with Crippen molar-refractivity contribution >= 4 is 11.8 Å². The smallest absolute Gasteiger partial charge is 0.388 e. The van der Waals surface area contributed by atoms with Gasteiger partial charge >= 0.3 is 6.18 Å². The van der Waals surface area contributed by atoms with Crippen LogP contribution in [0.2, 0.25) is 0 Å². The number of rotatable bonds is 7. The maximum absolute atomic E-state index is 12.0. The summed E-state index contributed by atoms with van der Waals surface area (Å²) in [6.45, 7) is -0.155. The molecule has 0 amide bonds. The second kappa shape index (κ2) is 6.13. The minimum absolute atomic E-state index is 0.140. The summed E-state index contributed by atoms with van der Waals surface area (Å²) in [5.74, 6) is 1.13. The first-order valence-corrected chi connectivity index (χ1v) is 7.24. The van der Waals surface area contributed by atoms with E-state index in [1.165, 1.54) is 11.8 Å². The fourth-order valence-corrected chi connectivity index (χ4v) is 2.83. The Bertz CT molecular complexity index is 418. The topological polar surface area (TPSA) is 50.9 Å². The molecule has 1 aliphatic carbocycles. The Balaban J connectivity index is 1.78. The predicted molar refractivity (Wildman–Crippen MR) is 64.8 cm³/mol. The van der Waals surface area contributed by atoms with Crippen LogP contribution in [0.15, 0.2) is 5.16 Å². The number of halogens is 3. The quantitative estimate of drug-likeness (QED) is 0.621. The van der Waals surface area contributed by atoms with Crippen molar-refractivity contribution in [2.75, 3.05) is 5.75 Å². The lowest BCUT2D eigenvalue weighted by Gasteiger charge is -2.07. The van der Waals surface area contributed by atoms with E-state index in [1.54, 1.807) is 0 Å². The van der Waals surface area contributed by atoms with E-state index in [-0.39, 0.29) is 13.0 Å². The molecular formula is C11H16F3N3OS. The molecule has 4 nitrogen and oxygen atoms in total. The van der Waals surface area contributed by atoms with Crippen LogP contribution in [0.1, 0.15) is 44.0 Å². The van der Waals surface area contributed by atoms with Crippen LogP contribution in [-0.2, 0) is 6.61 Å². The lowest BCUT2D eigenvalue weighted by atomic mass is 10.2. The molecule has 1 saturated carbocycles. The molecular weight excluding hydrogens is 279 g/mol. The fourth-order valence-electron chi connectivity index (χ4n) is 1.80. The van der Waals surface area contributed by atoms with Gasteiger partial charge in [0.05, 0.1) is 0 Å². The number of hydrogen-bond acceptors (Lipinski definition) is 4. The lowest BCUT2D eigenvalue weighted by Crippen LogP contribution is -2.06. The Labute approximate surface area is 113 Å². The number of aromatic nitrogens is 3. The van der Waals surface area contributed by atoms with Crippen LogP contribution >= 0.6 is 11.8 Å². The molecule has 108 valence electrons. The molecule has 8 heteroatoms. The van der Waals surface area contributed by atoms with E-state index < -0.39 is 12.6 Å².